The molecule has 2 N–H and O–H groups in total. The number of aliphatic hydroxyl groups excluding tert-OH is 1. The van der Waals surface area contributed by atoms with Crippen molar-refractivity contribution in [2.75, 3.05) is 10.2 Å². The van der Waals surface area contributed by atoms with E-state index in [1.54, 1.807) is 60.9 Å². The summed E-state index contributed by atoms with van der Waals surface area (Å²) in [5.41, 5.74) is 4.09. The van der Waals surface area contributed by atoms with E-state index in [0.717, 1.165) is 11.1 Å². The first-order valence-corrected chi connectivity index (χ1v) is 10.4. The largest absolute Gasteiger partial charge is 0.507 e. The van der Waals surface area contributed by atoms with E-state index in [9.17, 15) is 19.5 Å². The Hall–Kier alpha value is -4.26. The van der Waals surface area contributed by atoms with E-state index in [0.29, 0.717) is 22.5 Å². The number of aryl methyl sites for hydroxylation is 2. The number of aromatic nitrogens is 1. The molecule has 7 nitrogen and oxygen atoms in total. The molecule has 0 bridgehead atoms. The molecule has 1 aromatic heterocycles. The fourth-order valence-electron chi connectivity index (χ4n) is 3.90. The predicted octanol–water partition coefficient (Wildman–Crippen LogP) is 4.28. The molecule has 0 aliphatic carbocycles. The lowest BCUT2D eigenvalue weighted by atomic mass is 9.95. The smallest absolute Gasteiger partial charge is 0.300 e. The van der Waals surface area contributed by atoms with Gasteiger partial charge in [0.15, 0.2) is 0 Å². The van der Waals surface area contributed by atoms with Crippen molar-refractivity contribution in [3.63, 3.8) is 0 Å². The lowest BCUT2D eigenvalue weighted by molar-refractivity contribution is -0.132. The fraction of sp³-hybridized carbons (Fsp3) is 0.154. The molecule has 1 fully saturated rings. The number of carbonyl (C=O) groups is 3. The number of rotatable bonds is 4. The molecular weight excluding hydrogens is 418 g/mol. The van der Waals surface area contributed by atoms with Crippen LogP contribution < -0.4 is 10.2 Å². The number of benzene rings is 2. The van der Waals surface area contributed by atoms with Gasteiger partial charge in [0.1, 0.15) is 5.76 Å². The second kappa shape index (κ2) is 8.70. The molecule has 0 spiro atoms. The average Bonchev–Trinajstić information content (AvgIpc) is 3.06. The summed E-state index contributed by atoms with van der Waals surface area (Å²) in [5, 5.41) is 13.9. The van der Waals surface area contributed by atoms with Crippen LogP contribution in [0.15, 0.2) is 72.6 Å². The van der Waals surface area contributed by atoms with Gasteiger partial charge in [-0.25, -0.2) is 0 Å². The van der Waals surface area contributed by atoms with Crippen LogP contribution in [0, 0.1) is 13.8 Å². The molecule has 4 rings (SSSR count). The van der Waals surface area contributed by atoms with Gasteiger partial charge in [-0.1, -0.05) is 18.2 Å². The molecule has 1 atom stereocenters. The number of nitrogens with one attached hydrogen (secondary N) is 1. The zero-order valence-electron chi connectivity index (χ0n) is 18.5. The number of hydrogen-bond acceptors (Lipinski definition) is 5. The van der Waals surface area contributed by atoms with E-state index in [-0.39, 0.29) is 17.2 Å². The summed E-state index contributed by atoms with van der Waals surface area (Å²) in [6.07, 6.45) is 3.17. The summed E-state index contributed by atoms with van der Waals surface area (Å²) in [5.74, 6) is -1.97. The number of carbonyl (C=O) groups excluding carboxylic acids is 3. The zero-order chi connectivity index (χ0) is 23.7. The van der Waals surface area contributed by atoms with Gasteiger partial charge in [0.2, 0.25) is 5.91 Å². The summed E-state index contributed by atoms with van der Waals surface area (Å²) in [6.45, 7) is 5.28. The molecule has 1 unspecified atom stereocenters. The van der Waals surface area contributed by atoms with Gasteiger partial charge >= 0.3 is 0 Å². The van der Waals surface area contributed by atoms with Crippen molar-refractivity contribution in [1.82, 2.24) is 4.98 Å². The third kappa shape index (κ3) is 4.13. The third-order valence-electron chi connectivity index (χ3n) is 5.69. The molecule has 3 aromatic rings. The van der Waals surface area contributed by atoms with Crippen molar-refractivity contribution >= 4 is 34.7 Å². The highest BCUT2D eigenvalue weighted by Gasteiger charge is 2.47. The highest BCUT2D eigenvalue weighted by Crippen LogP contribution is 2.42. The first kappa shape index (κ1) is 22.0. The van der Waals surface area contributed by atoms with E-state index in [2.05, 4.69) is 10.3 Å². The highest BCUT2D eigenvalue weighted by atomic mass is 16.3. The molecule has 1 saturated heterocycles. The predicted molar refractivity (Wildman–Crippen MR) is 126 cm³/mol. The molecule has 2 aromatic carbocycles. The molecule has 2 heterocycles. The maximum atomic E-state index is 13.2. The van der Waals surface area contributed by atoms with Crippen LogP contribution in [0.1, 0.15) is 35.2 Å². The van der Waals surface area contributed by atoms with Crippen molar-refractivity contribution in [3.05, 3.63) is 94.8 Å². The van der Waals surface area contributed by atoms with Gasteiger partial charge in [-0.05, 0) is 66.9 Å². The number of amides is 2. The first-order chi connectivity index (χ1) is 15.8. The van der Waals surface area contributed by atoms with Crippen molar-refractivity contribution in [2.24, 2.45) is 0 Å². The zero-order valence-corrected chi connectivity index (χ0v) is 18.5. The lowest BCUT2D eigenvalue weighted by Gasteiger charge is -2.25. The topological polar surface area (TPSA) is 99.6 Å². The fourth-order valence-corrected chi connectivity index (χ4v) is 3.90. The summed E-state index contributed by atoms with van der Waals surface area (Å²) in [4.78, 5) is 43.1. The van der Waals surface area contributed by atoms with Gasteiger partial charge in [0.25, 0.3) is 11.7 Å². The number of Topliss-reactive ketones (excluding diaryl/α,β-unsaturated/α-hetero) is 1. The average molecular weight is 441 g/mol. The van der Waals surface area contributed by atoms with Crippen LogP contribution in [-0.4, -0.2) is 27.7 Å². The molecule has 166 valence electrons. The second-order valence-electron chi connectivity index (χ2n) is 7.98. The molecule has 0 radical (unpaired) electrons. The minimum absolute atomic E-state index is 0.00203. The first-order valence-electron chi connectivity index (χ1n) is 10.4. The van der Waals surface area contributed by atoms with Crippen LogP contribution in [0.5, 0.6) is 0 Å². The van der Waals surface area contributed by atoms with Crippen LogP contribution in [0.25, 0.3) is 5.76 Å². The molecule has 33 heavy (non-hydrogen) atoms. The van der Waals surface area contributed by atoms with Gasteiger partial charge in [0.05, 0.1) is 11.6 Å². The highest BCUT2D eigenvalue weighted by molar-refractivity contribution is 6.51. The summed E-state index contributed by atoms with van der Waals surface area (Å²) in [6, 6.07) is 14.6. The number of hydrogen-bond donors (Lipinski definition) is 2. The van der Waals surface area contributed by atoms with Crippen LogP contribution in [0.4, 0.5) is 11.4 Å². The number of ketones is 1. The summed E-state index contributed by atoms with van der Waals surface area (Å²) in [7, 11) is 0. The number of pyridine rings is 1. The van der Waals surface area contributed by atoms with Gasteiger partial charge in [-0.2, -0.15) is 0 Å². The Kier molecular flexibility index (Phi) is 5.79. The van der Waals surface area contributed by atoms with E-state index >= 15 is 0 Å². The third-order valence-corrected chi connectivity index (χ3v) is 5.69. The summed E-state index contributed by atoms with van der Waals surface area (Å²) >= 11 is 0. The molecular formula is C26H23N3O4. The number of nitrogens with zero attached hydrogens (tertiary/aromatic N) is 2. The minimum atomic E-state index is -0.855. The van der Waals surface area contributed by atoms with E-state index in [1.165, 1.54) is 11.8 Å². The normalized spacial score (nSPS) is 17.3. The van der Waals surface area contributed by atoms with Gasteiger partial charge in [-0.3, -0.25) is 24.3 Å². The quantitative estimate of drug-likeness (QED) is 0.358. The standard InChI is InChI=1S/C26H23N3O4/c1-15-6-7-18(13-16(15)2)24(31)22-23(19-5-4-12-27-14-19)29(26(33)25(22)32)21-10-8-20(9-11-21)28-17(3)30/h4-14,23,31H,1-3H3,(H,28,30)/b24-22-. The van der Waals surface area contributed by atoms with Crippen molar-refractivity contribution in [2.45, 2.75) is 26.8 Å². The van der Waals surface area contributed by atoms with E-state index in [1.807, 2.05) is 19.9 Å². The minimum Gasteiger partial charge on any atom is -0.507 e. The Bertz CT molecular complexity index is 1280. The Morgan fingerprint density at radius 3 is 2.36 bits per heavy atom. The Balaban J connectivity index is 1.87. The van der Waals surface area contributed by atoms with Gasteiger partial charge in [-0.15, -0.1) is 0 Å². The van der Waals surface area contributed by atoms with Gasteiger partial charge in [0, 0.05) is 36.3 Å². The number of aliphatic hydroxyl groups is 1. The van der Waals surface area contributed by atoms with Gasteiger partial charge < -0.3 is 10.4 Å². The van der Waals surface area contributed by atoms with Crippen molar-refractivity contribution in [3.8, 4) is 0 Å². The summed E-state index contributed by atoms with van der Waals surface area (Å²) < 4.78 is 0. The maximum Gasteiger partial charge on any atom is 0.300 e. The Morgan fingerprint density at radius 2 is 1.76 bits per heavy atom. The SMILES string of the molecule is CC(=O)Nc1ccc(N2C(=O)C(=O)/C(=C(\O)c3ccc(C)c(C)c3)C2c2cccnc2)cc1. The van der Waals surface area contributed by atoms with Crippen LogP contribution >= 0.6 is 0 Å². The van der Waals surface area contributed by atoms with E-state index < -0.39 is 17.7 Å². The molecule has 7 heteroatoms. The molecule has 2 amide bonds. The Morgan fingerprint density at radius 1 is 1.03 bits per heavy atom. The molecule has 1 aliphatic rings. The van der Waals surface area contributed by atoms with E-state index in [4.69, 9.17) is 0 Å². The molecule has 1 aliphatic heterocycles. The van der Waals surface area contributed by atoms with Crippen molar-refractivity contribution in [1.29, 1.82) is 0 Å². The lowest BCUT2D eigenvalue weighted by Crippen LogP contribution is -2.29. The molecule has 0 saturated carbocycles. The van der Waals surface area contributed by atoms with Crippen LogP contribution in [-0.2, 0) is 14.4 Å². The Labute approximate surface area is 191 Å². The maximum absolute atomic E-state index is 13.2. The number of anilines is 2. The second-order valence-corrected chi connectivity index (χ2v) is 7.98. The monoisotopic (exact) mass is 441 g/mol. The van der Waals surface area contributed by atoms with Crippen LogP contribution in [0.2, 0.25) is 0 Å². The van der Waals surface area contributed by atoms with Crippen molar-refractivity contribution < 1.29 is 19.5 Å². The van der Waals surface area contributed by atoms with Crippen LogP contribution in [0.3, 0.4) is 0 Å².